The van der Waals surface area contributed by atoms with Gasteiger partial charge in [-0.25, -0.2) is 0 Å². The lowest BCUT2D eigenvalue weighted by Gasteiger charge is -2.05. The number of rotatable bonds is 6. The molecule has 0 spiro atoms. The van der Waals surface area contributed by atoms with Gasteiger partial charge in [0.05, 0.1) is 0 Å². The lowest BCUT2D eigenvalue weighted by molar-refractivity contribution is 0.0953. The van der Waals surface area contributed by atoms with Gasteiger partial charge < -0.3 is 10.3 Å². The average Bonchev–Trinajstić information content (AvgIpc) is 2.85. The first-order valence-corrected chi connectivity index (χ1v) is 6.66. The molecule has 0 atom stereocenters. The van der Waals surface area contributed by atoms with E-state index in [1.165, 1.54) is 19.3 Å². The highest BCUT2D eigenvalue weighted by Gasteiger charge is 2.05. The number of carbonyl (C=O) groups is 1. The molecule has 0 aliphatic heterocycles. The van der Waals surface area contributed by atoms with Crippen molar-refractivity contribution in [2.75, 3.05) is 6.54 Å². The minimum Gasteiger partial charge on any atom is -0.361 e. The Labute approximate surface area is 108 Å². The van der Waals surface area contributed by atoms with Crippen molar-refractivity contribution < 1.29 is 4.79 Å². The average molecular weight is 244 g/mol. The summed E-state index contributed by atoms with van der Waals surface area (Å²) in [6.07, 6.45) is 6.60. The lowest BCUT2D eigenvalue weighted by atomic mass is 10.1. The first kappa shape index (κ1) is 12.7. The van der Waals surface area contributed by atoms with E-state index in [4.69, 9.17) is 0 Å². The fourth-order valence-corrected chi connectivity index (χ4v) is 2.05. The molecular formula is C15H20N2O. The second kappa shape index (κ2) is 6.24. The molecule has 0 aliphatic rings. The van der Waals surface area contributed by atoms with Gasteiger partial charge in [-0.1, -0.05) is 26.2 Å². The van der Waals surface area contributed by atoms with Gasteiger partial charge in [0.2, 0.25) is 0 Å². The number of unbranched alkanes of at least 4 members (excludes halogenated alkanes) is 3. The van der Waals surface area contributed by atoms with Gasteiger partial charge in [0.15, 0.2) is 0 Å². The van der Waals surface area contributed by atoms with Gasteiger partial charge in [0, 0.05) is 29.2 Å². The summed E-state index contributed by atoms with van der Waals surface area (Å²) >= 11 is 0. The Morgan fingerprint density at radius 1 is 1.22 bits per heavy atom. The fraction of sp³-hybridized carbons (Fsp3) is 0.400. The highest BCUT2D eigenvalue weighted by Crippen LogP contribution is 2.14. The van der Waals surface area contributed by atoms with Crippen molar-refractivity contribution >= 4 is 16.8 Å². The first-order chi connectivity index (χ1) is 8.81. The standard InChI is InChI=1S/C15H20N2O/c1-2-3-4-5-9-17-15(18)13-6-7-14-12(11-13)8-10-16-14/h6-8,10-11,16H,2-5,9H2,1H3,(H,17,18). The van der Waals surface area contributed by atoms with E-state index in [1.807, 2.05) is 30.5 Å². The molecule has 1 heterocycles. The summed E-state index contributed by atoms with van der Waals surface area (Å²) in [4.78, 5) is 15.0. The van der Waals surface area contributed by atoms with E-state index in [0.717, 1.165) is 29.4 Å². The maximum absolute atomic E-state index is 11.9. The summed E-state index contributed by atoms with van der Waals surface area (Å²) in [6, 6.07) is 7.71. The summed E-state index contributed by atoms with van der Waals surface area (Å²) < 4.78 is 0. The van der Waals surface area contributed by atoms with Crippen LogP contribution in [0, 0.1) is 0 Å². The van der Waals surface area contributed by atoms with Crippen LogP contribution in [0.3, 0.4) is 0 Å². The van der Waals surface area contributed by atoms with Crippen molar-refractivity contribution in [2.24, 2.45) is 0 Å². The molecule has 1 aromatic heterocycles. The maximum Gasteiger partial charge on any atom is 0.251 e. The van der Waals surface area contributed by atoms with E-state index in [1.54, 1.807) is 0 Å². The molecule has 0 unspecified atom stereocenters. The van der Waals surface area contributed by atoms with Crippen LogP contribution in [-0.4, -0.2) is 17.4 Å². The zero-order valence-corrected chi connectivity index (χ0v) is 10.8. The zero-order valence-electron chi connectivity index (χ0n) is 10.8. The Kier molecular flexibility index (Phi) is 4.40. The molecule has 3 nitrogen and oxygen atoms in total. The zero-order chi connectivity index (χ0) is 12.8. The first-order valence-electron chi connectivity index (χ1n) is 6.66. The summed E-state index contributed by atoms with van der Waals surface area (Å²) in [7, 11) is 0. The van der Waals surface area contributed by atoms with Crippen molar-refractivity contribution in [3.05, 3.63) is 36.0 Å². The third-order valence-electron chi connectivity index (χ3n) is 3.13. The van der Waals surface area contributed by atoms with Gasteiger partial charge in [-0.2, -0.15) is 0 Å². The third-order valence-corrected chi connectivity index (χ3v) is 3.13. The summed E-state index contributed by atoms with van der Waals surface area (Å²) in [5.74, 6) is 0.0228. The molecule has 2 rings (SSSR count). The molecule has 0 saturated carbocycles. The highest BCUT2D eigenvalue weighted by molar-refractivity contribution is 5.98. The number of hydrogen-bond donors (Lipinski definition) is 2. The molecule has 2 N–H and O–H groups in total. The Balaban J connectivity index is 1.88. The molecule has 0 saturated heterocycles. The maximum atomic E-state index is 11.9. The molecule has 1 aromatic carbocycles. The number of aromatic nitrogens is 1. The number of H-pyrrole nitrogens is 1. The van der Waals surface area contributed by atoms with Crippen molar-refractivity contribution in [1.29, 1.82) is 0 Å². The Morgan fingerprint density at radius 3 is 2.94 bits per heavy atom. The molecule has 3 heteroatoms. The monoisotopic (exact) mass is 244 g/mol. The topological polar surface area (TPSA) is 44.9 Å². The number of amides is 1. The Morgan fingerprint density at radius 2 is 2.11 bits per heavy atom. The van der Waals surface area contributed by atoms with Gasteiger partial charge in [0.25, 0.3) is 5.91 Å². The van der Waals surface area contributed by atoms with Gasteiger partial charge in [-0.05, 0) is 30.7 Å². The molecule has 0 bridgehead atoms. The van der Waals surface area contributed by atoms with Crippen LogP contribution in [0.2, 0.25) is 0 Å². The van der Waals surface area contributed by atoms with Crippen LogP contribution in [0.4, 0.5) is 0 Å². The fourth-order valence-electron chi connectivity index (χ4n) is 2.05. The predicted molar refractivity (Wildman–Crippen MR) is 74.8 cm³/mol. The number of nitrogens with one attached hydrogen (secondary N) is 2. The van der Waals surface area contributed by atoms with Crippen molar-refractivity contribution in [2.45, 2.75) is 32.6 Å². The van der Waals surface area contributed by atoms with Crippen LogP contribution in [0.1, 0.15) is 43.0 Å². The second-order valence-electron chi connectivity index (χ2n) is 4.60. The van der Waals surface area contributed by atoms with E-state index >= 15 is 0 Å². The van der Waals surface area contributed by atoms with Crippen molar-refractivity contribution in [3.63, 3.8) is 0 Å². The van der Waals surface area contributed by atoms with E-state index in [2.05, 4.69) is 17.2 Å². The van der Waals surface area contributed by atoms with Gasteiger partial charge in [0.1, 0.15) is 0 Å². The minimum absolute atomic E-state index is 0.0228. The highest BCUT2D eigenvalue weighted by atomic mass is 16.1. The Hall–Kier alpha value is -1.77. The van der Waals surface area contributed by atoms with E-state index < -0.39 is 0 Å². The quantitative estimate of drug-likeness (QED) is 0.751. The molecule has 0 aliphatic carbocycles. The number of carbonyl (C=O) groups excluding carboxylic acids is 1. The molecule has 96 valence electrons. The second-order valence-corrected chi connectivity index (χ2v) is 4.60. The molecule has 0 radical (unpaired) electrons. The van der Waals surface area contributed by atoms with Gasteiger partial charge >= 0.3 is 0 Å². The number of aromatic amines is 1. The van der Waals surface area contributed by atoms with Crippen LogP contribution < -0.4 is 5.32 Å². The smallest absolute Gasteiger partial charge is 0.251 e. The van der Waals surface area contributed by atoms with E-state index in [-0.39, 0.29) is 5.91 Å². The minimum atomic E-state index is 0.0228. The summed E-state index contributed by atoms with van der Waals surface area (Å²) in [5, 5.41) is 4.04. The summed E-state index contributed by atoms with van der Waals surface area (Å²) in [5.41, 5.74) is 1.80. The SMILES string of the molecule is CCCCCCNC(=O)c1ccc2[nH]ccc2c1. The number of fused-ring (bicyclic) bond motifs is 1. The molecule has 0 fully saturated rings. The molecule has 1 amide bonds. The largest absolute Gasteiger partial charge is 0.361 e. The van der Waals surface area contributed by atoms with Crippen molar-refractivity contribution in [3.8, 4) is 0 Å². The molecular weight excluding hydrogens is 224 g/mol. The molecule has 2 aromatic rings. The normalized spacial score (nSPS) is 10.7. The van der Waals surface area contributed by atoms with Gasteiger partial charge in [-0.15, -0.1) is 0 Å². The van der Waals surface area contributed by atoms with E-state index in [9.17, 15) is 4.79 Å². The predicted octanol–water partition coefficient (Wildman–Crippen LogP) is 3.48. The van der Waals surface area contributed by atoms with Crippen LogP contribution in [0.25, 0.3) is 10.9 Å². The molecule has 18 heavy (non-hydrogen) atoms. The Bertz CT molecular complexity index is 516. The van der Waals surface area contributed by atoms with Crippen LogP contribution in [0.15, 0.2) is 30.5 Å². The van der Waals surface area contributed by atoms with Crippen LogP contribution in [-0.2, 0) is 0 Å². The number of hydrogen-bond acceptors (Lipinski definition) is 1. The lowest BCUT2D eigenvalue weighted by Crippen LogP contribution is -2.24. The third kappa shape index (κ3) is 3.13. The van der Waals surface area contributed by atoms with Crippen LogP contribution in [0.5, 0.6) is 0 Å². The van der Waals surface area contributed by atoms with Crippen molar-refractivity contribution in [1.82, 2.24) is 10.3 Å². The number of benzene rings is 1. The van der Waals surface area contributed by atoms with Crippen LogP contribution >= 0.6 is 0 Å². The van der Waals surface area contributed by atoms with Gasteiger partial charge in [-0.3, -0.25) is 4.79 Å². The van der Waals surface area contributed by atoms with E-state index in [0.29, 0.717) is 0 Å². The summed E-state index contributed by atoms with van der Waals surface area (Å²) in [6.45, 7) is 2.95.